The highest BCUT2D eigenvalue weighted by Crippen LogP contribution is 2.19. The summed E-state index contributed by atoms with van der Waals surface area (Å²) in [6.45, 7) is 2.82. The van der Waals surface area contributed by atoms with Gasteiger partial charge in [0.1, 0.15) is 0 Å². The second kappa shape index (κ2) is 5.15. The molecule has 1 heterocycles. The van der Waals surface area contributed by atoms with Crippen molar-refractivity contribution in [3.63, 3.8) is 0 Å². The van der Waals surface area contributed by atoms with Crippen LogP contribution in [0.2, 0.25) is 0 Å². The summed E-state index contributed by atoms with van der Waals surface area (Å²) in [6, 6.07) is 10.7. The molecule has 0 bridgehead atoms. The van der Waals surface area contributed by atoms with Gasteiger partial charge in [0.25, 0.3) is 0 Å². The Labute approximate surface area is 102 Å². The molecule has 17 heavy (non-hydrogen) atoms. The number of aromatic nitrogens is 2. The molecule has 0 fully saturated rings. The average Bonchev–Trinajstić information content (AvgIpc) is 2.72. The van der Waals surface area contributed by atoms with Crippen molar-refractivity contribution < 1.29 is 0 Å². The Morgan fingerprint density at radius 1 is 1.24 bits per heavy atom. The van der Waals surface area contributed by atoms with E-state index in [1.807, 2.05) is 11.7 Å². The fraction of sp³-hybridized carbons (Fsp3) is 0.357. The summed E-state index contributed by atoms with van der Waals surface area (Å²) in [5, 5.41) is 4.52. The van der Waals surface area contributed by atoms with E-state index in [0.29, 0.717) is 6.54 Å². The zero-order valence-electron chi connectivity index (χ0n) is 10.5. The highest BCUT2D eigenvalue weighted by Gasteiger charge is 2.06. The fourth-order valence-corrected chi connectivity index (χ4v) is 1.94. The molecule has 0 saturated carbocycles. The number of nitrogens with two attached hydrogens (primary N) is 1. The Morgan fingerprint density at radius 2 is 1.94 bits per heavy atom. The van der Waals surface area contributed by atoms with E-state index in [0.717, 1.165) is 18.5 Å². The Bertz CT molecular complexity index is 483. The molecule has 2 N–H and O–H groups in total. The standard InChI is InChI=1S/C14H19N3/c1-3-11-4-6-12(7-5-11)14-10-13(8-9-15)17(2)16-14/h4-7,10H,3,8-9,15H2,1-2H3. The van der Waals surface area contributed by atoms with Crippen LogP contribution in [0.25, 0.3) is 11.3 Å². The van der Waals surface area contributed by atoms with Crippen LogP contribution in [-0.2, 0) is 19.9 Å². The van der Waals surface area contributed by atoms with Crippen molar-refractivity contribution in [3.8, 4) is 11.3 Å². The predicted molar refractivity (Wildman–Crippen MR) is 70.8 cm³/mol. The zero-order chi connectivity index (χ0) is 12.3. The third-order valence-electron chi connectivity index (χ3n) is 3.04. The zero-order valence-corrected chi connectivity index (χ0v) is 10.5. The van der Waals surface area contributed by atoms with E-state index in [9.17, 15) is 0 Å². The molecule has 0 aliphatic heterocycles. The van der Waals surface area contributed by atoms with Crippen molar-refractivity contribution in [2.45, 2.75) is 19.8 Å². The third kappa shape index (κ3) is 2.56. The van der Waals surface area contributed by atoms with E-state index >= 15 is 0 Å². The molecule has 0 radical (unpaired) electrons. The molecule has 0 saturated heterocycles. The van der Waals surface area contributed by atoms with E-state index in [2.05, 4.69) is 42.4 Å². The minimum atomic E-state index is 0.660. The molecule has 1 aromatic carbocycles. The van der Waals surface area contributed by atoms with Crippen molar-refractivity contribution in [1.29, 1.82) is 0 Å². The Hall–Kier alpha value is -1.61. The monoisotopic (exact) mass is 229 g/mol. The summed E-state index contributed by atoms with van der Waals surface area (Å²) in [6.07, 6.45) is 1.94. The molecule has 2 rings (SSSR count). The summed E-state index contributed by atoms with van der Waals surface area (Å²) >= 11 is 0. The van der Waals surface area contributed by atoms with Crippen LogP contribution in [0, 0.1) is 0 Å². The van der Waals surface area contributed by atoms with E-state index in [4.69, 9.17) is 5.73 Å². The highest BCUT2D eigenvalue weighted by molar-refractivity contribution is 5.59. The van der Waals surface area contributed by atoms with Gasteiger partial charge in [-0.2, -0.15) is 5.10 Å². The smallest absolute Gasteiger partial charge is 0.0925 e. The molecular weight excluding hydrogens is 210 g/mol. The topological polar surface area (TPSA) is 43.8 Å². The number of hydrogen-bond acceptors (Lipinski definition) is 2. The second-order valence-corrected chi connectivity index (χ2v) is 4.23. The van der Waals surface area contributed by atoms with Crippen LogP contribution in [0.5, 0.6) is 0 Å². The van der Waals surface area contributed by atoms with E-state index in [1.165, 1.54) is 16.8 Å². The van der Waals surface area contributed by atoms with Gasteiger partial charge >= 0.3 is 0 Å². The predicted octanol–water partition coefficient (Wildman–Crippen LogP) is 2.15. The van der Waals surface area contributed by atoms with Crippen LogP contribution >= 0.6 is 0 Å². The number of aryl methyl sites for hydroxylation is 2. The van der Waals surface area contributed by atoms with Crippen LogP contribution in [-0.4, -0.2) is 16.3 Å². The van der Waals surface area contributed by atoms with Gasteiger partial charge in [0.2, 0.25) is 0 Å². The van der Waals surface area contributed by atoms with Crippen LogP contribution < -0.4 is 5.73 Å². The maximum Gasteiger partial charge on any atom is 0.0925 e. The molecule has 0 aliphatic rings. The maximum atomic E-state index is 5.57. The van der Waals surface area contributed by atoms with Gasteiger partial charge < -0.3 is 5.73 Å². The Kier molecular flexibility index (Phi) is 3.59. The third-order valence-corrected chi connectivity index (χ3v) is 3.04. The minimum Gasteiger partial charge on any atom is -0.330 e. The minimum absolute atomic E-state index is 0.660. The van der Waals surface area contributed by atoms with Gasteiger partial charge in [-0.1, -0.05) is 31.2 Å². The van der Waals surface area contributed by atoms with Crippen LogP contribution in [0.1, 0.15) is 18.2 Å². The average molecular weight is 229 g/mol. The molecular formula is C14H19N3. The SMILES string of the molecule is CCc1ccc(-c2cc(CCN)n(C)n2)cc1. The van der Waals surface area contributed by atoms with Crippen molar-refractivity contribution in [1.82, 2.24) is 9.78 Å². The lowest BCUT2D eigenvalue weighted by Gasteiger charge is -1.98. The summed E-state index contributed by atoms with van der Waals surface area (Å²) in [5.74, 6) is 0. The molecule has 0 aliphatic carbocycles. The van der Waals surface area contributed by atoms with Crippen LogP contribution in [0.15, 0.2) is 30.3 Å². The highest BCUT2D eigenvalue weighted by atomic mass is 15.3. The number of benzene rings is 1. The molecule has 0 spiro atoms. The van der Waals surface area contributed by atoms with E-state index < -0.39 is 0 Å². The van der Waals surface area contributed by atoms with Gasteiger partial charge in [-0.25, -0.2) is 0 Å². The maximum absolute atomic E-state index is 5.57. The summed E-state index contributed by atoms with van der Waals surface area (Å²) in [7, 11) is 1.97. The van der Waals surface area contributed by atoms with Crippen molar-refractivity contribution in [2.75, 3.05) is 6.54 Å². The van der Waals surface area contributed by atoms with Gasteiger partial charge in [0, 0.05) is 24.7 Å². The van der Waals surface area contributed by atoms with Crippen molar-refractivity contribution in [3.05, 3.63) is 41.6 Å². The van der Waals surface area contributed by atoms with E-state index in [1.54, 1.807) is 0 Å². The lowest BCUT2D eigenvalue weighted by Crippen LogP contribution is -2.06. The Morgan fingerprint density at radius 3 is 2.53 bits per heavy atom. The lowest BCUT2D eigenvalue weighted by molar-refractivity contribution is 0.708. The first-order valence-electron chi connectivity index (χ1n) is 6.07. The summed E-state index contributed by atoms with van der Waals surface area (Å²) in [5.41, 5.74) is 10.3. The van der Waals surface area contributed by atoms with Crippen molar-refractivity contribution >= 4 is 0 Å². The molecule has 0 unspecified atom stereocenters. The first-order chi connectivity index (χ1) is 8.24. The van der Waals surface area contributed by atoms with Crippen LogP contribution in [0.3, 0.4) is 0 Å². The fourth-order valence-electron chi connectivity index (χ4n) is 1.94. The second-order valence-electron chi connectivity index (χ2n) is 4.23. The molecule has 1 aromatic heterocycles. The van der Waals surface area contributed by atoms with E-state index in [-0.39, 0.29) is 0 Å². The van der Waals surface area contributed by atoms with Crippen molar-refractivity contribution in [2.24, 2.45) is 12.8 Å². The Balaban J connectivity index is 2.29. The van der Waals surface area contributed by atoms with Crippen LogP contribution in [0.4, 0.5) is 0 Å². The quantitative estimate of drug-likeness (QED) is 0.873. The number of rotatable bonds is 4. The van der Waals surface area contributed by atoms with Gasteiger partial charge in [0.15, 0.2) is 0 Å². The molecule has 3 nitrogen and oxygen atoms in total. The largest absolute Gasteiger partial charge is 0.330 e. The first-order valence-corrected chi connectivity index (χ1v) is 6.07. The first kappa shape index (κ1) is 11.9. The molecule has 3 heteroatoms. The molecule has 2 aromatic rings. The summed E-state index contributed by atoms with van der Waals surface area (Å²) < 4.78 is 1.91. The molecule has 0 atom stereocenters. The molecule has 0 amide bonds. The number of hydrogen-bond donors (Lipinski definition) is 1. The molecule has 90 valence electrons. The van der Waals surface area contributed by atoms with Gasteiger partial charge in [0.05, 0.1) is 5.69 Å². The lowest BCUT2D eigenvalue weighted by atomic mass is 10.1. The normalized spacial score (nSPS) is 10.8. The number of nitrogens with zero attached hydrogens (tertiary/aromatic N) is 2. The van der Waals surface area contributed by atoms with Gasteiger partial charge in [-0.05, 0) is 24.6 Å². The van der Waals surface area contributed by atoms with Gasteiger partial charge in [-0.15, -0.1) is 0 Å². The van der Waals surface area contributed by atoms with Gasteiger partial charge in [-0.3, -0.25) is 4.68 Å². The summed E-state index contributed by atoms with van der Waals surface area (Å²) in [4.78, 5) is 0.